The van der Waals surface area contributed by atoms with Gasteiger partial charge in [-0.2, -0.15) is 0 Å². The molecule has 0 atom stereocenters. The van der Waals surface area contributed by atoms with Crippen LogP contribution in [0.15, 0.2) is 18.2 Å². The third-order valence-electron chi connectivity index (χ3n) is 5.33. The molecular weight excluding hydrogens is 239 g/mol. The third-order valence-corrected chi connectivity index (χ3v) is 5.33. The molecule has 0 aromatic heterocycles. The van der Waals surface area contributed by atoms with Gasteiger partial charge in [0, 0.05) is 0 Å². The first-order valence-electron chi connectivity index (χ1n) is 7.59. The second-order valence-electron chi connectivity index (χ2n) is 6.55. The first-order valence-corrected chi connectivity index (χ1v) is 7.59. The summed E-state index contributed by atoms with van der Waals surface area (Å²) in [7, 11) is 0. The summed E-state index contributed by atoms with van der Waals surface area (Å²) in [6, 6.07) is 7.22. The Bertz CT molecular complexity index is 710. The van der Waals surface area contributed by atoms with Crippen molar-refractivity contribution in [3.05, 3.63) is 57.1 Å². The highest BCUT2D eigenvalue weighted by atomic mass is 14.2. The fourth-order valence-electron chi connectivity index (χ4n) is 3.75. The second-order valence-corrected chi connectivity index (χ2v) is 6.55. The third kappa shape index (κ3) is 1.83. The maximum absolute atomic E-state index is 2.41. The summed E-state index contributed by atoms with van der Waals surface area (Å²) in [5, 5.41) is 0. The molecule has 3 rings (SSSR count). The molecule has 0 saturated carbocycles. The van der Waals surface area contributed by atoms with E-state index in [9.17, 15) is 0 Å². The minimum Gasteiger partial charge on any atom is -0.0774 e. The van der Waals surface area contributed by atoms with Crippen molar-refractivity contribution in [1.29, 1.82) is 0 Å². The molecule has 1 heterocycles. The van der Waals surface area contributed by atoms with Gasteiger partial charge in [-0.1, -0.05) is 41.5 Å². The maximum Gasteiger partial charge on any atom is 0.207 e. The Balaban J connectivity index is 2.25. The zero-order valence-electron chi connectivity index (χ0n) is 13.5. The number of rotatable bonds is 0. The van der Waals surface area contributed by atoms with Crippen LogP contribution in [-0.4, -0.2) is 6.71 Å². The molecule has 1 heteroatoms. The molecule has 1 aliphatic heterocycles. The number of hydrogen-bond acceptors (Lipinski definition) is 0. The molecule has 0 amide bonds. The van der Waals surface area contributed by atoms with Crippen molar-refractivity contribution < 1.29 is 0 Å². The van der Waals surface area contributed by atoms with Crippen LogP contribution >= 0.6 is 0 Å². The van der Waals surface area contributed by atoms with E-state index >= 15 is 0 Å². The lowest BCUT2D eigenvalue weighted by molar-refractivity contribution is 1.15. The fourth-order valence-corrected chi connectivity index (χ4v) is 3.75. The van der Waals surface area contributed by atoms with Crippen molar-refractivity contribution in [3.63, 3.8) is 0 Å². The van der Waals surface area contributed by atoms with E-state index in [1.54, 1.807) is 5.46 Å². The molecule has 102 valence electrons. The van der Waals surface area contributed by atoms with Gasteiger partial charge in [-0.15, -0.1) is 0 Å². The molecule has 0 unspecified atom stereocenters. The van der Waals surface area contributed by atoms with E-state index in [0.717, 1.165) is 6.42 Å². The Morgan fingerprint density at radius 3 is 2.05 bits per heavy atom. The predicted molar refractivity (Wildman–Crippen MR) is 90.3 cm³/mol. The molecule has 0 fully saturated rings. The smallest absolute Gasteiger partial charge is 0.0774 e. The van der Waals surface area contributed by atoms with Gasteiger partial charge in [0.05, 0.1) is 0 Å². The van der Waals surface area contributed by atoms with Crippen LogP contribution in [0.4, 0.5) is 0 Å². The lowest BCUT2D eigenvalue weighted by Gasteiger charge is -2.28. The highest BCUT2D eigenvalue weighted by molar-refractivity contribution is 6.85. The van der Waals surface area contributed by atoms with Gasteiger partial charge in [-0.05, 0) is 74.4 Å². The maximum atomic E-state index is 2.41. The summed E-state index contributed by atoms with van der Waals surface area (Å²) >= 11 is 0. The van der Waals surface area contributed by atoms with Crippen LogP contribution in [0.5, 0.6) is 0 Å². The summed E-state index contributed by atoms with van der Waals surface area (Å²) in [5.74, 6) is 0. The van der Waals surface area contributed by atoms with Crippen LogP contribution in [-0.2, 0) is 6.42 Å². The fraction of sp³-hybridized carbons (Fsp3) is 0.368. The van der Waals surface area contributed by atoms with Crippen molar-refractivity contribution in [3.8, 4) is 0 Å². The first-order chi connectivity index (χ1) is 9.40. The van der Waals surface area contributed by atoms with Gasteiger partial charge >= 0.3 is 0 Å². The standard InChI is InChI=1S/C19H23B/c1-11-7-16-10-17-8-13(3)14(4)15(5)19(17)20(6)18(16)9-12(11)2/h7-9H,10H2,1-6H3. The molecule has 2 aromatic carbocycles. The minimum atomic E-state index is 0.521. The van der Waals surface area contributed by atoms with E-state index in [-0.39, 0.29) is 0 Å². The Kier molecular flexibility index (Phi) is 3.04. The van der Waals surface area contributed by atoms with Crippen molar-refractivity contribution in [2.75, 3.05) is 0 Å². The summed E-state index contributed by atoms with van der Waals surface area (Å²) in [6.07, 6.45) is 1.10. The second kappa shape index (κ2) is 4.51. The zero-order valence-corrected chi connectivity index (χ0v) is 13.5. The van der Waals surface area contributed by atoms with Gasteiger partial charge in [-0.25, -0.2) is 0 Å². The molecule has 0 bridgehead atoms. The molecule has 0 aliphatic carbocycles. The van der Waals surface area contributed by atoms with Gasteiger partial charge in [0.2, 0.25) is 6.71 Å². The molecule has 0 nitrogen and oxygen atoms in total. The molecule has 0 saturated heterocycles. The first kappa shape index (κ1) is 13.5. The molecule has 20 heavy (non-hydrogen) atoms. The molecule has 0 radical (unpaired) electrons. The summed E-state index contributed by atoms with van der Waals surface area (Å²) in [6.45, 7) is 14.1. The summed E-state index contributed by atoms with van der Waals surface area (Å²) in [5.41, 5.74) is 13.4. The van der Waals surface area contributed by atoms with E-state index < -0.39 is 0 Å². The number of aryl methyl sites for hydroxylation is 3. The van der Waals surface area contributed by atoms with Crippen molar-refractivity contribution in [1.82, 2.24) is 0 Å². The number of benzene rings is 2. The Morgan fingerprint density at radius 2 is 1.35 bits per heavy atom. The largest absolute Gasteiger partial charge is 0.207 e. The van der Waals surface area contributed by atoms with Crippen LogP contribution in [0.3, 0.4) is 0 Å². The van der Waals surface area contributed by atoms with Crippen LogP contribution < -0.4 is 10.9 Å². The Hall–Kier alpha value is -1.50. The average molecular weight is 262 g/mol. The minimum absolute atomic E-state index is 0.521. The van der Waals surface area contributed by atoms with E-state index in [2.05, 4.69) is 59.6 Å². The lowest BCUT2D eigenvalue weighted by Crippen LogP contribution is -2.48. The normalized spacial score (nSPS) is 13.2. The van der Waals surface area contributed by atoms with Crippen LogP contribution in [0.1, 0.15) is 38.9 Å². The molecule has 2 aromatic rings. The topological polar surface area (TPSA) is 0 Å². The quantitative estimate of drug-likeness (QED) is 0.638. The van der Waals surface area contributed by atoms with Crippen molar-refractivity contribution in [2.45, 2.75) is 47.9 Å². The van der Waals surface area contributed by atoms with Crippen LogP contribution in [0.2, 0.25) is 6.82 Å². The van der Waals surface area contributed by atoms with Gasteiger partial charge in [0.25, 0.3) is 0 Å². The zero-order chi connectivity index (χ0) is 14.6. The molecule has 0 spiro atoms. The van der Waals surface area contributed by atoms with Gasteiger partial charge in [0.1, 0.15) is 0 Å². The number of fused-ring (bicyclic) bond motifs is 2. The van der Waals surface area contributed by atoms with E-state index in [4.69, 9.17) is 0 Å². The predicted octanol–water partition coefficient (Wildman–Crippen LogP) is 3.37. The highest BCUT2D eigenvalue weighted by Crippen LogP contribution is 2.22. The Labute approximate surface area is 123 Å². The van der Waals surface area contributed by atoms with E-state index in [1.807, 2.05) is 0 Å². The van der Waals surface area contributed by atoms with E-state index in [0.29, 0.717) is 6.71 Å². The van der Waals surface area contributed by atoms with Crippen molar-refractivity contribution >= 4 is 17.6 Å². The molecule has 0 N–H and O–H groups in total. The van der Waals surface area contributed by atoms with Crippen LogP contribution in [0.25, 0.3) is 0 Å². The van der Waals surface area contributed by atoms with Crippen LogP contribution in [0, 0.1) is 34.6 Å². The van der Waals surface area contributed by atoms with Gasteiger partial charge in [0.15, 0.2) is 0 Å². The lowest BCUT2D eigenvalue weighted by atomic mass is 9.37. The van der Waals surface area contributed by atoms with Gasteiger partial charge in [-0.3, -0.25) is 0 Å². The summed E-state index contributed by atoms with van der Waals surface area (Å²) in [4.78, 5) is 0. The van der Waals surface area contributed by atoms with Crippen molar-refractivity contribution in [2.24, 2.45) is 0 Å². The molecule has 1 aliphatic rings. The number of hydrogen-bond donors (Lipinski definition) is 0. The average Bonchev–Trinajstić information content (AvgIpc) is 2.39. The highest BCUT2D eigenvalue weighted by Gasteiger charge is 2.27. The molecular formula is C19H23B. The summed E-state index contributed by atoms with van der Waals surface area (Å²) < 4.78 is 0. The van der Waals surface area contributed by atoms with E-state index in [1.165, 1.54) is 44.4 Å². The Morgan fingerprint density at radius 1 is 0.750 bits per heavy atom. The van der Waals surface area contributed by atoms with Gasteiger partial charge < -0.3 is 0 Å². The monoisotopic (exact) mass is 262 g/mol. The SMILES string of the molecule is CB1c2cc(C)c(C)cc2Cc2cc(C)c(C)c(C)c21.